The van der Waals surface area contributed by atoms with E-state index in [0.29, 0.717) is 54.1 Å². The third kappa shape index (κ3) is 4.53. The molecule has 9 nitrogen and oxygen atoms in total. The van der Waals surface area contributed by atoms with Crippen molar-refractivity contribution >= 4 is 22.8 Å². The minimum atomic E-state index is -0.802. The molecule has 10 heteroatoms. The van der Waals surface area contributed by atoms with Crippen LogP contribution in [0.15, 0.2) is 48.7 Å². The monoisotopic (exact) mass is 495 g/mol. The highest BCUT2D eigenvalue weighted by atomic mass is 19.1. The molecule has 3 heterocycles. The molecule has 4 aromatic rings. The van der Waals surface area contributed by atoms with Crippen LogP contribution in [0, 0.1) is 28.5 Å². The van der Waals surface area contributed by atoms with Crippen LogP contribution in [0.25, 0.3) is 33.3 Å². The van der Waals surface area contributed by atoms with Gasteiger partial charge in [0, 0.05) is 49.5 Å². The second-order valence-corrected chi connectivity index (χ2v) is 8.83. The number of ether oxygens (including phenoxy) is 1. The van der Waals surface area contributed by atoms with Crippen LogP contribution in [-0.2, 0) is 11.8 Å². The summed E-state index contributed by atoms with van der Waals surface area (Å²) in [6.07, 6.45) is 1.79. The third-order valence-electron chi connectivity index (χ3n) is 6.57. The average Bonchev–Trinajstić information content (AvgIpc) is 3.27. The maximum absolute atomic E-state index is 14.7. The molecule has 0 saturated carbocycles. The number of nitrogens with two attached hydrogens (primary N) is 1. The lowest BCUT2D eigenvalue weighted by atomic mass is 9.93. The summed E-state index contributed by atoms with van der Waals surface area (Å²) < 4.78 is 21.6. The Hall–Kier alpha value is -4.96. The molecule has 2 N–H and O–H groups in total. The highest BCUT2D eigenvalue weighted by Crippen LogP contribution is 2.38. The van der Waals surface area contributed by atoms with E-state index in [-0.39, 0.29) is 11.7 Å². The van der Waals surface area contributed by atoms with E-state index in [1.165, 1.54) is 12.1 Å². The predicted molar refractivity (Wildman–Crippen MR) is 135 cm³/mol. The van der Waals surface area contributed by atoms with E-state index in [0.717, 1.165) is 16.5 Å². The van der Waals surface area contributed by atoms with Crippen molar-refractivity contribution in [3.8, 4) is 34.5 Å². The quantitative estimate of drug-likeness (QED) is 0.447. The Morgan fingerprint density at radius 3 is 2.49 bits per heavy atom. The number of primary amides is 1. The fourth-order valence-corrected chi connectivity index (χ4v) is 4.72. The lowest BCUT2D eigenvalue weighted by Crippen LogP contribution is -2.39. The number of aromatic nitrogens is 3. The Bertz CT molecular complexity index is 1610. The smallest absolute Gasteiger partial charge is 0.404 e. The summed E-state index contributed by atoms with van der Waals surface area (Å²) in [6, 6.07) is 15.9. The van der Waals surface area contributed by atoms with Gasteiger partial charge in [0.15, 0.2) is 0 Å². The van der Waals surface area contributed by atoms with Crippen LogP contribution in [0.3, 0.4) is 0 Å². The van der Waals surface area contributed by atoms with Gasteiger partial charge in [-0.15, -0.1) is 0 Å². The minimum Gasteiger partial charge on any atom is -0.446 e. The molecule has 37 heavy (non-hydrogen) atoms. The van der Waals surface area contributed by atoms with Crippen LogP contribution >= 0.6 is 0 Å². The number of carbonyl (C=O) groups excluding carboxylic acids is 1. The predicted octanol–water partition coefficient (Wildman–Crippen LogP) is 4.25. The molecule has 1 amide bonds. The summed E-state index contributed by atoms with van der Waals surface area (Å²) in [7, 11) is 1.85. The first-order chi connectivity index (χ1) is 17.9. The van der Waals surface area contributed by atoms with E-state index in [2.05, 4.69) is 11.2 Å². The number of carbonyl (C=O) groups is 1. The fourth-order valence-electron chi connectivity index (χ4n) is 4.72. The molecule has 5 rings (SSSR count). The second kappa shape index (κ2) is 9.59. The van der Waals surface area contributed by atoms with Gasteiger partial charge in [-0.2, -0.15) is 15.6 Å². The molecule has 1 aliphatic heterocycles. The lowest BCUT2D eigenvalue weighted by Gasteiger charge is -2.32. The van der Waals surface area contributed by atoms with Crippen LogP contribution in [0.5, 0.6) is 0 Å². The first-order valence-electron chi connectivity index (χ1n) is 11.7. The molecule has 0 spiro atoms. The van der Waals surface area contributed by atoms with E-state index in [1.807, 2.05) is 36.2 Å². The van der Waals surface area contributed by atoms with Gasteiger partial charge in [-0.3, -0.25) is 4.68 Å². The van der Waals surface area contributed by atoms with Gasteiger partial charge in [0.25, 0.3) is 0 Å². The summed E-state index contributed by atoms with van der Waals surface area (Å²) in [5.74, 6) is -0.108. The number of pyridine rings is 1. The summed E-state index contributed by atoms with van der Waals surface area (Å²) in [5, 5.41) is 24.5. The van der Waals surface area contributed by atoms with Crippen molar-refractivity contribution in [2.24, 2.45) is 12.8 Å². The van der Waals surface area contributed by atoms with Crippen molar-refractivity contribution in [1.29, 1.82) is 10.5 Å². The third-order valence-corrected chi connectivity index (χ3v) is 6.57. The van der Waals surface area contributed by atoms with E-state index in [9.17, 15) is 19.7 Å². The lowest BCUT2D eigenvalue weighted by molar-refractivity contribution is 0.0911. The molecule has 2 aromatic heterocycles. The molecule has 0 bridgehead atoms. The summed E-state index contributed by atoms with van der Waals surface area (Å²) >= 11 is 0. The van der Waals surface area contributed by atoms with E-state index >= 15 is 0 Å². The standard InChI is InChI=1S/C27H22FN7O2/c1-34-23-5-4-16(10-20(23)15-32-34)25-19(14-30)12-24(35-8-6-21(7-9-35)37-27(31)36)33-26(25)17-2-3-18(13-29)22(28)11-17/h2-5,10-12,15,21H,6-9H2,1H3,(H2,31,36). The Morgan fingerprint density at radius 2 is 1.81 bits per heavy atom. The fraction of sp³-hybridized carbons (Fsp3) is 0.222. The zero-order valence-corrected chi connectivity index (χ0v) is 20.0. The number of halogens is 1. The van der Waals surface area contributed by atoms with Crippen LogP contribution in [0.2, 0.25) is 0 Å². The van der Waals surface area contributed by atoms with Crippen molar-refractivity contribution in [2.75, 3.05) is 18.0 Å². The Labute approximate surface area is 212 Å². The van der Waals surface area contributed by atoms with Gasteiger partial charge in [0.05, 0.1) is 34.6 Å². The minimum absolute atomic E-state index is 0.0738. The SMILES string of the molecule is Cn1ncc2cc(-c3c(C#N)cc(N4CCC(OC(N)=O)CC4)nc3-c3ccc(C#N)c(F)c3)ccc21. The van der Waals surface area contributed by atoms with Crippen LogP contribution < -0.4 is 10.6 Å². The van der Waals surface area contributed by atoms with Gasteiger partial charge in [-0.1, -0.05) is 12.1 Å². The number of nitrogens with zero attached hydrogens (tertiary/aromatic N) is 6. The Balaban J connectivity index is 1.65. The summed E-state index contributed by atoms with van der Waals surface area (Å²) in [6.45, 7) is 1.08. The Morgan fingerprint density at radius 1 is 1.08 bits per heavy atom. The zero-order valence-electron chi connectivity index (χ0n) is 20.0. The zero-order chi connectivity index (χ0) is 26.1. The van der Waals surface area contributed by atoms with Crippen molar-refractivity contribution in [3.05, 3.63) is 65.6 Å². The molecule has 1 saturated heterocycles. The number of hydrogen-bond donors (Lipinski definition) is 1. The number of rotatable bonds is 4. The van der Waals surface area contributed by atoms with Gasteiger partial charge in [-0.25, -0.2) is 14.2 Å². The van der Waals surface area contributed by atoms with Crippen LogP contribution in [-0.4, -0.2) is 40.1 Å². The molecular weight excluding hydrogens is 473 g/mol. The normalized spacial score (nSPS) is 13.8. The number of piperidine rings is 1. The average molecular weight is 496 g/mol. The number of hydrogen-bond acceptors (Lipinski definition) is 7. The second-order valence-electron chi connectivity index (χ2n) is 8.83. The maximum atomic E-state index is 14.7. The topological polar surface area (TPSA) is 134 Å². The molecule has 0 atom stereocenters. The van der Waals surface area contributed by atoms with Crippen LogP contribution in [0.4, 0.5) is 15.0 Å². The van der Waals surface area contributed by atoms with E-state index in [4.69, 9.17) is 15.5 Å². The van der Waals surface area contributed by atoms with Gasteiger partial charge in [-0.05, 0) is 35.9 Å². The summed E-state index contributed by atoms with van der Waals surface area (Å²) in [4.78, 5) is 18.0. The first-order valence-corrected chi connectivity index (χ1v) is 11.7. The van der Waals surface area contributed by atoms with Gasteiger partial charge >= 0.3 is 6.09 Å². The molecule has 1 aliphatic rings. The molecule has 184 valence electrons. The van der Waals surface area contributed by atoms with Crippen molar-refractivity contribution in [1.82, 2.24) is 14.8 Å². The van der Waals surface area contributed by atoms with Crippen LogP contribution in [0.1, 0.15) is 24.0 Å². The number of fused-ring (bicyclic) bond motifs is 1. The summed E-state index contributed by atoms with van der Waals surface area (Å²) in [5.41, 5.74) is 8.56. The van der Waals surface area contributed by atoms with Crippen molar-refractivity contribution < 1.29 is 13.9 Å². The van der Waals surface area contributed by atoms with Gasteiger partial charge < -0.3 is 15.4 Å². The molecule has 0 aliphatic carbocycles. The van der Waals surface area contributed by atoms with Crippen molar-refractivity contribution in [2.45, 2.75) is 18.9 Å². The Kier molecular flexibility index (Phi) is 6.16. The number of nitriles is 2. The van der Waals surface area contributed by atoms with Crippen molar-refractivity contribution in [3.63, 3.8) is 0 Å². The first kappa shape index (κ1) is 23.8. The number of anilines is 1. The molecule has 0 radical (unpaired) electrons. The number of amides is 1. The molecule has 0 unspecified atom stereocenters. The largest absolute Gasteiger partial charge is 0.446 e. The molecule has 1 fully saturated rings. The van der Waals surface area contributed by atoms with Gasteiger partial charge in [0.2, 0.25) is 0 Å². The highest BCUT2D eigenvalue weighted by Gasteiger charge is 2.25. The van der Waals surface area contributed by atoms with Gasteiger partial charge in [0.1, 0.15) is 23.8 Å². The van der Waals surface area contributed by atoms with E-state index < -0.39 is 11.9 Å². The number of aryl methyl sites for hydroxylation is 1. The maximum Gasteiger partial charge on any atom is 0.404 e. The highest BCUT2D eigenvalue weighted by molar-refractivity contribution is 5.91. The molecule has 2 aromatic carbocycles. The van der Waals surface area contributed by atoms with E-state index in [1.54, 1.807) is 23.0 Å². The number of benzene rings is 2. The molecular formula is C27H22FN7O2.